The summed E-state index contributed by atoms with van der Waals surface area (Å²) >= 11 is 0. The average Bonchev–Trinajstić information content (AvgIpc) is 2.31. The summed E-state index contributed by atoms with van der Waals surface area (Å²) in [7, 11) is 0. The van der Waals surface area contributed by atoms with Gasteiger partial charge in [-0.1, -0.05) is 12.0 Å². The largest absolute Gasteiger partial charge is 0.312 e. The number of hydrogen-bond acceptors (Lipinski definition) is 2. The van der Waals surface area contributed by atoms with Crippen LogP contribution in [0.15, 0.2) is 23.0 Å². The molecule has 3 nitrogen and oxygen atoms in total. The number of hydrogen-bond donors (Lipinski definition) is 0. The molecule has 1 fully saturated rings. The summed E-state index contributed by atoms with van der Waals surface area (Å²) in [6.07, 6.45) is 6.58. The van der Waals surface area contributed by atoms with Crippen LogP contribution in [0, 0.1) is 18.3 Å². The van der Waals surface area contributed by atoms with Crippen molar-refractivity contribution in [2.24, 2.45) is 5.92 Å². The smallest absolute Gasteiger partial charge is 0.250 e. The van der Waals surface area contributed by atoms with E-state index in [-0.39, 0.29) is 5.56 Å². The summed E-state index contributed by atoms with van der Waals surface area (Å²) in [4.78, 5) is 14.2. The second kappa shape index (κ2) is 4.05. The van der Waals surface area contributed by atoms with Gasteiger partial charge in [0.25, 0.3) is 5.56 Å². The van der Waals surface area contributed by atoms with Crippen LogP contribution >= 0.6 is 0 Å². The molecule has 2 aliphatic heterocycles. The van der Waals surface area contributed by atoms with Gasteiger partial charge in [-0.3, -0.25) is 9.69 Å². The molecule has 0 aromatic carbocycles. The van der Waals surface area contributed by atoms with Gasteiger partial charge in [0.05, 0.1) is 6.54 Å². The number of pyridine rings is 1. The molecule has 2 unspecified atom stereocenters. The molecule has 17 heavy (non-hydrogen) atoms. The van der Waals surface area contributed by atoms with E-state index in [0.29, 0.717) is 11.8 Å². The molecule has 1 aromatic heterocycles. The van der Waals surface area contributed by atoms with Gasteiger partial charge in [0.15, 0.2) is 0 Å². The third-order valence-corrected chi connectivity index (χ3v) is 3.87. The molecule has 1 saturated heterocycles. The fourth-order valence-corrected chi connectivity index (χ4v) is 3.25. The van der Waals surface area contributed by atoms with Crippen LogP contribution in [-0.4, -0.2) is 29.1 Å². The van der Waals surface area contributed by atoms with E-state index in [4.69, 9.17) is 6.42 Å². The minimum Gasteiger partial charge on any atom is -0.312 e. The van der Waals surface area contributed by atoms with Crippen LogP contribution in [0.3, 0.4) is 0 Å². The lowest BCUT2D eigenvalue weighted by molar-refractivity contribution is 0.133. The van der Waals surface area contributed by atoms with Gasteiger partial charge in [0, 0.05) is 37.3 Å². The molecule has 3 rings (SSSR count). The molecule has 88 valence electrons. The SMILES string of the molecule is C#CCN1CC2CC(C1)c1cccc(=O)n1C2. The topological polar surface area (TPSA) is 25.2 Å². The first-order valence-electron chi connectivity index (χ1n) is 6.13. The molecule has 2 atom stereocenters. The van der Waals surface area contributed by atoms with Crippen molar-refractivity contribution in [3.63, 3.8) is 0 Å². The third kappa shape index (κ3) is 1.79. The lowest BCUT2D eigenvalue weighted by atomic mass is 9.83. The number of fused-ring (bicyclic) bond motifs is 4. The second-order valence-corrected chi connectivity index (χ2v) is 5.10. The highest BCUT2D eigenvalue weighted by atomic mass is 16.1. The predicted molar refractivity (Wildman–Crippen MR) is 66.8 cm³/mol. The summed E-state index contributed by atoms with van der Waals surface area (Å²) in [5.74, 6) is 3.77. The maximum Gasteiger partial charge on any atom is 0.250 e. The standard InChI is InChI=1S/C14H16N2O/c1-2-6-15-8-11-7-12(10-15)13-4-3-5-14(17)16(13)9-11/h1,3-5,11-12H,6-10H2. The Morgan fingerprint density at radius 2 is 2.24 bits per heavy atom. The van der Waals surface area contributed by atoms with Crippen molar-refractivity contribution < 1.29 is 0 Å². The van der Waals surface area contributed by atoms with E-state index >= 15 is 0 Å². The molecule has 3 heterocycles. The third-order valence-electron chi connectivity index (χ3n) is 3.87. The van der Waals surface area contributed by atoms with Gasteiger partial charge in [0.1, 0.15) is 0 Å². The van der Waals surface area contributed by atoms with Crippen molar-refractivity contribution in [2.45, 2.75) is 18.9 Å². The average molecular weight is 228 g/mol. The van der Waals surface area contributed by atoms with Crippen LogP contribution in [0.5, 0.6) is 0 Å². The summed E-state index contributed by atoms with van der Waals surface area (Å²) in [5, 5.41) is 0. The predicted octanol–water partition coefficient (Wildman–Crippen LogP) is 0.901. The summed E-state index contributed by atoms with van der Waals surface area (Å²) < 4.78 is 1.95. The highest BCUT2D eigenvalue weighted by molar-refractivity contribution is 5.17. The Morgan fingerprint density at radius 3 is 3.06 bits per heavy atom. The number of piperidine rings is 1. The molecule has 0 radical (unpaired) electrons. The zero-order valence-electron chi connectivity index (χ0n) is 9.80. The van der Waals surface area contributed by atoms with Crippen molar-refractivity contribution in [2.75, 3.05) is 19.6 Å². The van der Waals surface area contributed by atoms with Crippen LogP contribution in [0.4, 0.5) is 0 Å². The number of likely N-dealkylation sites (tertiary alicyclic amines) is 1. The minimum atomic E-state index is 0.141. The molecule has 0 saturated carbocycles. The van der Waals surface area contributed by atoms with Gasteiger partial charge in [-0.2, -0.15) is 0 Å². The first kappa shape index (κ1) is 10.6. The summed E-state index contributed by atoms with van der Waals surface area (Å²) in [6.45, 7) is 3.60. The molecule has 0 aliphatic carbocycles. The lowest BCUT2D eigenvalue weighted by Crippen LogP contribution is -2.47. The number of aromatic nitrogens is 1. The monoisotopic (exact) mass is 228 g/mol. The highest BCUT2D eigenvalue weighted by Crippen LogP contribution is 2.34. The number of rotatable bonds is 1. The molecule has 1 aromatic rings. The fraction of sp³-hybridized carbons (Fsp3) is 0.500. The molecule has 2 bridgehead atoms. The number of terminal acetylenes is 1. The summed E-state index contributed by atoms with van der Waals surface area (Å²) in [5.41, 5.74) is 1.33. The maximum atomic E-state index is 11.8. The van der Waals surface area contributed by atoms with Gasteiger partial charge >= 0.3 is 0 Å². The maximum absolute atomic E-state index is 11.8. The van der Waals surface area contributed by atoms with E-state index in [1.807, 2.05) is 10.6 Å². The molecule has 3 heteroatoms. The van der Waals surface area contributed by atoms with Crippen LogP contribution in [0.2, 0.25) is 0 Å². The van der Waals surface area contributed by atoms with Crippen LogP contribution < -0.4 is 5.56 Å². The van der Waals surface area contributed by atoms with Crippen LogP contribution in [-0.2, 0) is 6.54 Å². The Kier molecular flexibility index (Phi) is 2.53. The van der Waals surface area contributed by atoms with Crippen molar-refractivity contribution in [3.8, 4) is 12.3 Å². The van der Waals surface area contributed by atoms with E-state index in [1.54, 1.807) is 6.07 Å². The lowest BCUT2D eigenvalue weighted by Gasteiger charge is -2.42. The zero-order valence-corrected chi connectivity index (χ0v) is 9.80. The normalized spacial score (nSPS) is 27.2. The quantitative estimate of drug-likeness (QED) is 0.667. The van der Waals surface area contributed by atoms with E-state index in [2.05, 4.69) is 16.9 Å². The highest BCUT2D eigenvalue weighted by Gasteiger charge is 2.33. The fourth-order valence-electron chi connectivity index (χ4n) is 3.25. The van der Waals surface area contributed by atoms with Gasteiger partial charge in [-0.15, -0.1) is 6.42 Å². The number of nitrogens with zero attached hydrogens (tertiary/aromatic N) is 2. The van der Waals surface area contributed by atoms with Gasteiger partial charge in [0.2, 0.25) is 0 Å². The minimum absolute atomic E-state index is 0.141. The van der Waals surface area contributed by atoms with E-state index < -0.39 is 0 Å². The molecule has 0 N–H and O–H groups in total. The van der Waals surface area contributed by atoms with Gasteiger partial charge < -0.3 is 4.57 Å². The van der Waals surface area contributed by atoms with Crippen LogP contribution in [0.1, 0.15) is 18.0 Å². The van der Waals surface area contributed by atoms with Gasteiger partial charge in [-0.05, 0) is 18.4 Å². The van der Waals surface area contributed by atoms with Crippen molar-refractivity contribution in [1.29, 1.82) is 0 Å². The first-order valence-corrected chi connectivity index (χ1v) is 6.13. The second-order valence-electron chi connectivity index (χ2n) is 5.10. The zero-order chi connectivity index (χ0) is 11.8. The Bertz CT molecular complexity index is 526. The molecular weight excluding hydrogens is 212 g/mol. The molecule has 2 aliphatic rings. The van der Waals surface area contributed by atoms with E-state index in [1.165, 1.54) is 12.1 Å². The molecular formula is C14H16N2O. The van der Waals surface area contributed by atoms with Crippen molar-refractivity contribution in [3.05, 3.63) is 34.2 Å². The molecule has 0 amide bonds. The Labute approximate surface area is 101 Å². The van der Waals surface area contributed by atoms with E-state index in [9.17, 15) is 4.79 Å². The summed E-state index contributed by atoms with van der Waals surface area (Å²) in [6, 6.07) is 5.61. The van der Waals surface area contributed by atoms with Gasteiger partial charge in [-0.25, -0.2) is 0 Å². The Balaban J connectivity index is 1.96. The molecule has 0 spiro atoms. The van der Waals surface area contributed by atoms with Crippen molar-refractivity contribution >= 4 is 0 Å². The van der Waals surface area contributed by atoms with Crippen LogP contribution in [0.25, 0.3) is 0 Å². The van der Waals surface area contributed by atoms with Crippen molar-refractivity contribution in [1.82, 2.24) is 9.47 Å². The Morgan fingerprint density at radius 1 is 1.35 bits per heavy atom. The first-order chi connectivity index (χ1) is 8.28. The Hall–Kier alpha value is -1.53. The van der Waals surface area contributed by atoms with E-state index in [0.717, 1.165) is 26.2 Å².